The first kappa shape index (κ1) is 28.7. The van der Waals surface area contributed by atoms with Gasteiger partial charge in [-0.3, -0.25) is 14.4 Å². The second kappa shape index (κ2) is 13.7. The zero-order chi connectivity index (χ0) is 29.3. The summed E-state index contributed by atoms with van der Waals surface area (Å²) in [5, 5.41) is 11.2. The number of hydrogen-bond acceptors (Lipinski definition) is 4. The maximum Gasteiger partial charge on any atom is 0.272 e. The van der Waals surface area contributed by atoms with E-state index in [2.05, 4.69) is 16.0 Å². The molecule has 0 aromatic heterocycles. The van der Waals surface area contributed by atoms with Gasteiger partial charge in [-0.2, -0.15) is 0 Å². The van der Waals surface area contributed by atoms with E-state index in [0.717, 1.165) is 21.4 Å². The first-order chi connectivity index (χ1) is 20.4. The normalized spacial score (nSPS) is 11.1. The highest BCUT2D eigenvalue weighted by Crippen LogP contribution is 2.23. The summed E-state index contributed by atoms with van der Waals surface area (Å²) in [5.41, 5.74) is 2.44. The van der Waals surface area contributed by atoms with Crippen molar-refractivity contribution in [3.8, 4) is 0 Å². The van der Waals surface area contributed by atoms with Gasteiger partial charge in [-0.25, -0.2) is 0 Å². The van der Waals surface area contributed by atoms with Gasteiger partial charge in [-0.05, 0) is 83.1 Å². The Hall–Kier alpha value is -4.85. The molecule has 0 bridgehead atoms. The van der Waals surface area contributed by atoms with Crippen LogP contribution in [0.25, 0.3) is 16.8 Å². The molecule has 0 spiro atoms. The SMILES string of the molecule is O=C(CSc1ccc(NC(=O)/C(=C/c2cccc(Cl)c2)NC(=O)c2ccccc2)cc1)Nc1ccc2ccccc2c1. The Morgan fingerprint density at radius 2 is 1.40 bits per heavy atom. The van der Waals surface area contributed by atoms with E-state index in [-0.39, 0.29) is 17.4 Å². The van der Waals surface area contributed by atoms with Crippen LogP contribution in [0, 0.1) is 0 Å². The number of carbonyl (C=O) groups is 3. The molecule has 0 aliphatic heterocycles. The van der Waals surface area contributed by atoms with Gasteiger partial charge in [-0.1, -0.05) is 72.3 Å². The minimum absolute atomic E-state index is 0.0648. The molecule has 5 aromatic carbocycles. The third kappa shape index (κ3) is 7.87. The first-order valence-corrected chi connectivity index (χ1v) is 14.5. The Kier molecular flexibility index (Phi) is 9.33. The number of nitrogens with one attached hydrogen (secondary N) is 3. The third-order valence-electron chi connectivity index (χ3n) is 6.20. The van der Waals surface area contributed by atoms with Gasteiger partial charge in [0.15, 0.2) is 0 Å². The van der Waals surface area contributed by atoms with Gasteiger partial charge < -0.3 is 16.0 Å². The number of fused-ring (bicyclic) bond motifs is 1. The number of anilines is 2. The lowest BCUT2D eigenvalue weighted by atomic mass is 10.1. The number of rotatable bonds is 9. The number of benzene rings is 5. The van der Waals surface area contributed by atoms with Crippen molar-refractivity contribution in [3.05, 3.63) is 143 Å². The summed E-state index contributed by atoms with van der Waals surface area (Å²) in [7, 11) is 0. The zero-order valence-electron chi connectivity index (χ0n) is 22.3. The maximum absolute atomic E-state index is 13.2. The predicted molar refractivity (Wildman–Crippen MR) is 172 cm³/mol. The second-order valence-corrected chi connectivity index (χ2v) is 10.8. The van der Waals surface area contributed by atoms with E-state index in [1.54, 1.807) is 66.7 Å². The fraction of sp³-hybridized carbons (Fsp3) is 0.0294. The van der Waals surface area contributed by atoms with Crippen molar-refractivity contribution in [3.63, 3.8) is 0 Å². The van der Waals surface area contributed by atoms with E-state index in [1.165, 1.54) is 11.8 Å². The minimum atomic E-state index is -0.491. The standard InChI is InChI=1S/C34H26ClN3O3S/c35-27-12-6-7-23(19-27)20-31(38-33(40)25-9-2-1-3-10-25)34(41)37-28-15-17-30(18-16-28)42-22-32(39)36-29-14-13-24-8-4-5-11-26(24)21-29/h1-21H,22H2,(H,36,39)(H,37,41)(H,38,40)/b31-20-. The van der Waals surface area contributed by atoms with E-state index in [1.807, 2.05) is 60.7 Å². The maximum atomic E-state index is 13.2. The summed E-state index contributed by atoms with van der Waals surface area (Å²) in [6.45, 7) is 0. The quantitative estimate of drug-likeness (QED) is 0.121. The van der Waals surface area contributed by atoms with E-state index in [4.69, 9.17) is 11.6 Å². The van der Waals surface area contributed by atoms with Crippen molar-refractivity contribution in [2.45, 2.75) is 4.90 Å². The van der Waals surface area contributed by atoms with E-state index in [9.17, 15) is 14.4 Å². The van der Waals surface area contributed by atoms with Crippen LogP contribution in [0.1, 0.15) is 15.9 Å². The van der Waals surface area contributed by atoms with Crippen molar-refractivity contribution in [2.75, 3.05) is 16.4 Å². The Bertz CT molecular complexity index is 1770. The molecule has 0 aliphatic rings. The van der Waals surface area contributed by atoms with E-state index < -0.39 is 11.8 Å². The number of halogens is 1. The fourth-order valence-electron chi connectivity index (χ4n) is 4.15. The molecule has 42 heavy (non-hydrogen) atoms. The van der Waals surface area contributed by atoms with E-state index >= 15 is 0 Å². The van der Waals surface area contributed by atoms with Gasteiger partial charge in [0.25, 0.3) is 11.8 Å². The summed E-state index contributed by atoms with van der Waals surface area (Å²) in [5.74, 6) is -0.781. The van der Waals surface area contributed by atoms with Gasteiger partial charge in [0.05, 0.1) is 5.75 Å². The lowest BCUT2D eigenvalue weighted by molar-refractivity contribution is -0.114. The highest BCUT2D eigenvalue weighted by atomic mass is 35.5. The molecule has 8 heteroatoms. The molecule has 0 saturated carbocycles. The molecule has 5 rings (SSSR count). The summed E-state index contributed by atoms with van der Waals surface area (Å²) in [6.07, 6.45) is 1.57. The first-order valence-electron chi connectivity index (χ1n) is 13.1. The smallest absolute Gasteiger partial charge is 0.272 e. The monoisotopic (exact) mass is 591 g/mol. The van der Waals surface area contributed by atoms with Crippen molar-refractivity contribution >= 4 is 69.3 Å². The average Bonchev–Trinajstić information content (AvgIpc) is 3.01. The zero-order valence-corrected chi connectivity index (χ0v) is 23.9. The molecule has 0 atom stereocenters. The van der Waals surface area contributed by atoms with Gasteiger partial charge in [-0.15, -0.1) is 11.8 Å². The van der Waals surface area contributed by atoms with Crippen molar-refractivity contribution in [1.29, 1.82) is 0 Å². The van der Waals surface area contributed by atoms with Crippen molar-refractivity contribution in [2.24, 2.45) is 0 Å². The minimum Gasteiger partial charge on any atom is -0.325 e. The van der Waals surface area contributed by atoms with Crippen LogP contribution in [0.5, 0.6) is 0 Å². The number of amides is 3. The number of thioether (sulfide) groups is 1. The predicted octanol–water partition coefficient (Wildman–Crippen LogP) is 7.63. The average molecular weight is 592 g/mol. The summed E-state index contributed by atoms with van der Waals surface area (Å²) < 4.78 is 0. The molecular formula is C34H26ClN3O3S. The highest BCUT2D eigenvalue weighted by Gasteiger charge is 2.15. The topological polar surface area (TPSA) is 87.3 Å². The number of carbonyl (C=O) groups excluding carboxylic acids is 3. The largest absolute Gasteiger partial charge is 0.325 e. The molecule has 0 saturated heterocycles. The Labute approximate surface area is 252 Å². The van der Waals surface area contributed by atoms with Crippen molar-refractivity contribution in [1.82, 2.24) is 5.32 Å². The van der Waals surface area contributed by atoms with Crippen LogP contribution in [0.4, 0.5) is 11.4 Å². The summed E-state index contributed by atoms with van der Waals surface area (Å²) in [4.78, 5) is 39.5. The molecule has 208 valence electrons. The second-order valence-electron chi connectivity index (χ2n) is 9.31. The van der Waals surface area contributed by atoms with Crippen LogP contribution >= 0.6 is 23.4 Å². The van der Waals surface area contributed by atoms with Gasteiger partial charge in [0.2, 0.25) is 5.91 Å². The van der Waals surface area contributed by atoms with Gasteiger partial charge >= 0.3 is 0 Å². The molecule has 0 radical (unpaired) electrons. The molecule has 3 N–H and O–H groups in total. The van der Waals surface area contributed by atoms with E-state index in [0.29, 0.717) is 21.8 Å². The van der Waals surface area contributed by atoms with Crippen LogP contribution in [0.3, 0.4) is 0 Å². The molecule has 0 unspecified atom stereocenters. The summed E-state index contributed by atoms with van der Waals surface area (Å²) in [6, 6.07) is 36.6. The molecule has 3 amide bonds. The lowest BCUT2D eigenvalue weighted by Gasteiger charge is -2.12. The fourth-order valence-corrected chi connectivity index (χ4v) is 5.05. The van der Waals surface area contributed by atoms with Crippen LogP contribution in [0.15, 0.2) is 132 Å². The van der Waals surface area contributed by atoms with Crippen LogP contribution < -0.4 is 16.0 Å². The van der Waals surface area contributed by atoms with Crippen LogP contribution in [-0.2, 0) is 9.59 Å². The third-order valence-corrected chi connectivity index (χ3v) is 7.45. The molecule has 0 fully saturated rings. The Morgan fingerprint density at radius 1 is 0.690 bits per heavy atom. The number of hydrogen-bond donors (Lipinski definition) is 3. The Balaban J connectivity index is 1.21. The molecular weight excluding hydrogens is 566 g/mol. The van der Waals surface area contributed by atoms with Crippen LogP contribution in [-0.4, -0.2) is 23.5 Å². The molecule has 0 aliphatic carbocycles. The molecule has 6 nitrogen and oxygen atoms in total. The summed E-state index contributed by atoms with van der Waals surface area (Å²) >= 11 is 7.51. The molecule has 0 heterocycles. The van der Waals surface area contributed by atoms with Gasteiger partial charge in [0.1, 0.15) is 5.70 Å². The van der Waals surface area contributed by atoms with Crippen LogP contribution in [0.2, 0.25) is 5.02 Å². The Morgan fingerprint density at radius 3 is 2.17 bits per heavy atom. The highest BCUT2D eigenvalue weighted by molar-refractivity contribution is 8.00. The molecule has 5 aromatic rings. The lowest BCUT2D eigenvalue weighted by Crippen LogP contribution is -2.30. The van der Waals surface area contributed by atoms with Gasteiger partial charge in [0, 0.05) is 26.9 Å². The van der Waals surface area contributed by atoms with Crippen molar-refractivity contribution < 1.29 is 14.4 Å².